The number of aromatic nitrogens is 1. The Balaban J connectivity index is 1.33. The van der Waals surface area contributed by atoms with Crippen molar-refractivity contribution in [2.45, 2.75) is 18.4 Å². The highest BCUT2D eigenvalue weighted by molar-refractivity contribution is 5.86. The molecule has 28 heavy (non-hydrogen) atoms. The summed E-state index contributed by atoms with van der Waals surface area (Å²) in [4.78, 5) is 6.32. The molecule has 0 saturated carbocycles. The van der Waals surface area contributed by atoms with E-state index in [1.807, 2.05) is 6.07 Å². The first-order chi connectivity index (χ1) is 13.8. The second-order valence-corrected chi connectivity index (χ2v) is 7.97. The number of benzene rings is 2. The number of aromatic amines is 1. The topological polar surface area (TPSA) is 52.3 Å². The third kappa shape index (κ3) is 3.05. The molecule has 3 aromatic rings. The van der Waals surface area contributed by atoms with E-state index >= 15 is 0 Å². The van der Waals surface area contributed by atoms with Crippen molar-refractivity contribution >= 4 is 16.6 Å². The maximum atomic E-state index is 5.45. The number of nitrogens with one attached hydrogen (secondary N) is 3. The summed E-state index contributed by atoms with van der Waals surface area (Å²) >= 11 is 0. The van der Waals surface area contributed by atoms with Gasteiger partial charge in [-0.3, -0.25) is 4.90 Å². The third-order valence-electron chi connectivity index (χ3n) is 6.31. The summed E-state index contributed by atoms with van der Waals surface area (Å²) in [5, 5.41) is 8.71. The maximum Gasteiger partial charge on any atom is 0.119 e. The Morgan fingerprint density at radius 1 is 1.18 bits per heavy atom. The molecule has 5 heteroatoms. The van der Waals surface area contributed by atoms with Gasteiger partial charge in [-0.25, -0.2) is 0 Å². The lowest BCUT2D eigenvalue weighted by atomic mass is 9.86. The molecule has 146 valence electrons. The van der Waals surface area contributed by atoms with E-state index in [0.29, 0.717) is 0 Å². The van der Waals surface area contributed by atoms with Crippen LogP contribution in [0.5, 0.6) is 5.75 Å². The molecular formula is C23H28N4O. The van der Waals surface area contributed by atoms with Crippen LogP contribution < -0.4 is 15.4 Å². The van der Waals surface area contributed by atoms with E-state index in [0.717, 1.165) is 51.3 Å². The first-order valence-corrected chi connectivity index (χ1v) is 10.2. The van der Waals surface area contributed by atoms with E-state index in [-0.39, 0.29) is 5.54 Å². The van der Waals surface area contributed by atoms with Crippen molar-refractivity contribution in [1.82, 2.24) is 15.2 Å². The smallest absolute Gasteiger partial charge is 0.119 e. The van der Waals surface area contributed by atoms with E-state index in [2.05, 4.69) is 63.0 Å². The number of ether oxygens (including phenoxy) is 1. The number of rotatable bonds is 5. The lowest BCUT2D eigenvalue weighted by Gasteiger charge is -2.35. The van der Waals surface area contributed by atoms with Crippen molar-refractivity contribution in [1.29, 1.82) is 0 Å². The highest BCUT2D eigenvalue weighted by Gasteiger charge is 2.43. The molecule has 2 aromatic carbocycles. The van der Waals surface area contributed by atoms with Gasteiger partial charge in [0.1, 0.15) is 5.75 Å². The number of H-pyrrole nitrogens is 1. The highest BCUT2D eigenvalue weighted by atomic mass is 16.5. The second kappa shape index (κ2) is 7.15. The molecule has 3 N–H and O–H groups in total. The summed E-state index contributed by atoms with van der Waals surface area (Å²) in [5.41, 5.74) is 5.32. The fourth-order valence-corrected chi connectivity index (χ4v) is 4.88. The van der Waals surface area contributed by atoms with Crippen molar-refractivity contribution < 1.29 is 4.74 Å². The molecular weight excluding hydrogens is 348 g/mol. The minimum Gasteiger partial charge on any atom is -0.497 e. The van der Waals surface area contributed by atoms with Crippen LogP contribution in [-0.4, -0.2) is 49.7 Å². The van der Waals surface area contributed by atoms with Gasteiger partial charge < -0.3 is 20.4 Å². The molecule has 1 aromatic heterocycles. The van der Waals surface area contributed by atoms with Gasteiger partial charge in [-0.1, -0.05) is 18.2 Å². The van der Waals surface area contributed by atoms with Gasteiger partial charge in [0.25, 0.3) is 0 Å². The Labute approximate surface area is 166 Å². The largest absolute Gasteiger partial charge is 0.497 e. The summed E-state index contributed by atoms with van der Waals surface area (Å²) in [6.45, 7) is 5.24. The van der Waals surface area contributed by atoms with Crippen molar-refractivity contribution in [2.24, 2.45) is 0 Å². The monoisotopic (exact) mass is 376 g/mol. The van der Waals surface area contributed by atoms with Crippen LogP contribution in [0.2, 0.25) is 0 Å². The molecule has 2 aliphatic rings. The number of hydrogen-bond donors (Lipinski definition) is 3. The number of likely N-dealkylation sites (tertiary alicyclic amines) is 1. The Morgan fingerprint density at radius 3 is 2.93 bits per heavy atom. The van der Waals surface area contributed by atoms with Crippen LogP contribution in [0.4, 0.5) is 5.69 Å². The zero-order valence-electron chi connectivity index (χ0n) is 16.4. The Hall–Kier alpha value is -2.50. The van der Waals surface area contributed by atoms with E-state index in [1.165, 1.54) is 27.8 Å². The molecule has 3 heterocycles. The molecule has 1 unspecified atom stereocenters. The Morgan fingerprint density at radius 2 is 2.07 bits per heavy atom. The van der Waals surface area contributed by atoms with Crippen LogP contribution in [-0.2, 0) is 12.0 Å². The highest BCUT2D eigenvalue weighted by Crippen LogP contribution is 2.40. The van der Waals surface area contributed by atoms with Crippen LogP contribution in [0.1, 0.15) is 17.7 Å². The number of nitrogens with zero attached hydrogens (tertiary/aromatic N) is 1. The molecule has 1 saturated heterocycles. The number of hydrogen-bond acceptors (Lipinski definition) is 4. The number of para-hydroxylation sites is 1. The normalized spacial score (nSPS) is 21.9. The molecule has 1 spiro atoms. The van der Waals surface area contributed by atoms with Crippen molar-refractivity contribution in [3.63, 3.8) is 0 Å². The molecule has 0 bridgehead atoms. The Bertz CT molecular complexity index is 967. The molecule has 1 atom stereocenters. The van der Waals surface area contributed by atoms with Crippen molar-refractivity contribution in [2.75, 3.05) is 45.2 Å². The van der Waals surface area contributed by atoms with Crippen molar-refractivity contribution in [3.8, 4) is 5.75 Å². The zero-order chi connectivity index (χ0) is 19.0. The summed E-state index contributed by atoms with van der Waals surface area (Å²) in [5.74, 6) is 0.932. The molecule has 0 aliphatic carbocycles. The van der Waals surface area contributed by atoms with Gasteiger partial charge in [-0.05, 0) is 48.7 Å². The summed E-state index contributed by atoms with van der Waals surface area (Å²) in [7, 11) is 1.74. The maximum absolute atomic E-state index is 5.45. The SMILES string of the molecule is COc1ccc2[nH]c3c(c2c1)CCNC31CCN(CCNc2ccccc2)C1. The van der Waals surface area contributed by atoms with Gasteiger partial charge in [0.05, 0.1) is 12.6 Å². The first kappa shape index (κ1) is 17.6. The predicted octanol–water partition coefficient (Wildman–Crippen LogP) is 3.34. The number of methoxy groups -OCH3 is 1. The summed E-state index contributed by atoms with van der Waals surface area (Å²) in [6.07, 6.45) is 2.22. The van der Waals surface area contributed by atoms with Crippen LogP contribution >= 0.6 is 0 Å². The lowest BCUT2D eigenvalue weighted by molar-refractivity contribution is 0.276. The Kier molecular flexibility index (Phi) is 4.49. The van der Waals surface area contributed by atoms with Crippen LogP contribution in [0.25, 0.3) is 10.9 Å². The molecule has 1 fully saturated rings. The molecule has 5 rings (SSSR count). The molecule has 5 nitrogen and oxygen atoms in total. The van der Waals surface area contributed by atoms with E-state index in [9.17, 15) is 0 Å². The quantitative estimate of drug-likeness (QED) is 0.639. The summed E-state index contributed by atoms with van der Waals surface area (Å²) in [6, 6.07) is 16.8. The van der Waals surface area contributed by atoms with E-state index < -0.39 is 0 Å². The summed E-state index contributed by atoms with van der Waals surface area (Å²) < 4.78 is 5.45. The minimum atomic E-state index is 0.0482. The third-order valence-corrected chi connectivity index (χ3v) is 6.31. The van der Waals surface area contributed by atoms with Crippen molar-refractivity contribution in [3.05, 3.63) is 59.8 Å². The standard InChI is InChI=1S/C23H28N4O/c1-28-18-7-8-21-20(15-18)19-9-11-25-23(22(19)26-21)10-13-27(16-23)14-12-24-17-5-3-2-4-6-17/h2-8,15,24-26H,9-14,16H2,1H3. The lowest BCUT2D eigenvalue weighted by Crippen LogP contribution is -2.49. The van der Waals surface area contributed by atoms with Gasteiger partial charge in [0.15, 0.2) is 0 Å². The predicted molar refractivity (Wildman–Crippen MR) is 114 cm³/mol. The molecule has 0 amide bonds. The second-order valence-electron chi connectivity index (χ2n) is 7.97. The fourth-order valence-electron chi connectivity index (χ4n) is 4.88. The van der Waals surface area contributed by atoms with E-state index in [1.54, 1.807) is 7.11 Å². The fraction of sp³-hybridized carbons (Fsp3) is 0.391. The number of anilines is 1. The van der Waals surface area contributed by atoms with Crippen LogP contribution in [0, 0.1) is 0 Å². The average Bonchev–Trinajstić information content (AvgIpc) is 3.31. The number of fused-ring (bicyclic) bond motifs is 4. The van der Waals surface area contributed by atoms with Crippen LogP contribution in [0.3, 0.4) is 0 Å². The minimum absolute atomic E-state index is 0.0482. The molecule has 2 aliphatic heterocycles. The average molecular weight is 377 g/mol. The van der Waals surface area contributed by atoms with Gasteiger partial charge in [-0.2, -0.15) is 0 Å². The first-order valence-electron chi connectivity index (χ1n) is 10.2. The van der Waals surface area contributed by atoms with Gasteiger partial charge in [-0.15, -0.1) is 0 Å². The van der Waals surface area contributed by atoms with Gasteiger partial charge in [0.2, 0.25) is 0 Å². The molecule has 0 radical (unpaired) electrons. The van der Waals surface area contributed by atoms with Crippen LogP contribution in [0.15, 0.2) is 48.5 Å². The zero-order valence-corrected chi connectivity index (χ0v) is 16.4. The van der Waals surface area contributed by atoms with Gasteiger partial charge >= 0.3 is 0 Å². The van der Waals surface area contributed by atoms with Gasteiger partial charge in [0, 0.05) is 55.0 Å². The van der Waals surface area contributed by atoms with E-state index in [4.69, 9.17) is 4.74 Å².